The minimum absolute atomic E-state index is 0.249. The minimum atomic E-state index is -0.481. The molecule has 4 aromatic heterocycles. The van der Waals surface area contributed by atoms with Crippen LogP contribution in [0.15, 0.2) is 29.0 Å². The quantitative estimate of drug-likeness (QED) is 0.428. The summed E-state index contributed by atoms with van der Waals surface area (Å²) in [6, 6.07) is 5.60. The summed E-state index contributed by atoms with van der Waals surface area (Å²) in [4.78, 5) is 37.8. The Morgan fingerprint density at radius 2 is 1.91 bits per heavy atom. The molecule has 12 heteroatoms. The second-order valence-electron chi connectivity index (χ2n) is 7.46. The van der Waals surface area contributed by atoms with Crippen LogP contribution in [-0.4, -0.2) is 57.9 Å². The van der Waals surface area contributed by atoms with Crippen molar-refractivity contribution >= 4 is 50.7 Å². The van der Waals surface area contributed by atoms with Crippen molar-refractivity contribution in [3.05, 3.63) is 45.9 Å². The van der Waals surface area contributed by atoms with Crippen molar-refractivity contribution in [2.24, 2.45) is 7.05 Å². The molecule has 1 fully saturated rings. The number of hydrazine groups is 1. The summed E-state index contributed by atoms with van der Waals surface area (Å²) in [5.41, 5.74) is 7.59. The van der Waals surface area contributed by atoms with E-state index in [1.807, 2.05) is 24.4 Å². The third kappa shape index (κ3) is 4.19. The van der Waals surface area contributed by atoms with Gasteiger partial charge in [0, 0.05) is 25.5 Å². The number of pyridine rings is 1. The maximum Gasteiger partial charge on any atom is 0.289 e. The number of fused-ring (bicyclic) bond motifs is 1. The van der Waals surface area contributed by atoms with E-state index in [1.54, 1.807) is 23.2 Å². The zero-order valence-corrected chi connectivity index (χ0v) is 19.6. The fourth-order valence-electron chi connectivity index (χ4n) is 3.69. The Morgan fingerprint density at radius 3 is 2.67 bits per heavy atom. The fraction of sp³-hybridized carbons (Fsp3) is 0.286. The Kier molecular flexibility index (Phi) is 5.79. The van der Waals surface area contributed by atoms with E-state index in [1.165, 1.54) is 22.7 Å². The number of thiophene rings is 1. The Morgan fingerprint density at radius 1 is 1.12 bits per heavy atom. The Labute approximate surface area is 197 Å². The highest BCUT2D eigenvalue weighted by atomic mass is 32.1. The van der Waals surface area contributed by atoms with Gasteiger partial charge in [0.2, 0.25) is 0 Å². The van der Waals surface area contributed by atoms with Gasteiger partial charge in [0.25, 0.3) is 11.8 Å². The molecular formula is C21H21N7O3S2. The second kappa shape index (κ2) is 8.89. The SMILES string of the molecule is Cc1nn(C)c2nc(-c3cccs3)cc(C(=O)NNC(=O)c3csc(N4CCOCC4)n3)c12. The van der Waals surface area contributed by atoms with Gasteiger partial charge in [-0.05, 0) is 24.4 Å². The molecule has 0 radical (unpaired) electrons. The molecule has 10 nitrogen and oxygen atoms in total. The van der Waals surface area contributed by atoms with Gasteiger partial charge in [0.15, 0.2) is 10.8 Å². The first-order valence-corrected chi connectivity index (χ1v) is 12.0. The number of morpholine rings is 1. The third-order valence-corrected chi connectivity index (χ3v) is 7.08. The van der Waals surface area contributed by atoms with E-state index in [2.05, 4.69) is 25.8 Å². The zero-order valence-electron chi connectivity index (χ0n) is 18.0. The molecule has 5 rings (SSSR count). The van der Waals surface area contributed by atoms with Crippen molar-refractivity contribution in [2.45, 2.75) is 6.92 Å². The van der Waals surface area contributed by atoms with Crippen molar-refractivity contribution in [3.8, 4) is 10.6 Å². The van der Waals surface area contributed by atoms with Gasteiger partial charge >= 0.3 is 0 Å². The smallest absolute Gasteiger partial charge is 0.289 e. The summed E-state index contributed by atoms with van der Waals surface area (Å²) in [7, 11) is 1.79. The molecule has 1 aliphatic heterocycles. The lowest BCUT2D eigenvalue weighted by Crippen LogP contribution is -2.42. The Bertz CT molecular complexity index is 1320. The molecule has 0 spiro atoms. The normalized spacial score (nSPS) is 13.9. The first-order chi connectivity index (χ1) is 16.0. The highest BCUT2D eigenvalue weighted by Gasteiger charge is 2.21. The molecule has 0 atom stereocenters. The number of aryl methyl sites for hydroxylation is 2. The number of thiazole rings is 1. The maximum absolute atomic E-state index is 13.1. The molecule has 0 aromatic carbocycles. The van der Waals surface area contributed by atoms with Crippen molar-refractivity contribution in [1.29, 1.82) is 0 Å². The van der Waals surface area contributed by atoms with Gasteiger partial charge in [-0.3, -0.25) is 25.1 Å². The standard InChI is InChI=1S/C21H21N7O3S2/c1-12-17-13(10-14(16-4-3-9-32-16)22-18(17)27(2)26-12)19(29)24-25-20(30)15-11-33-21(23-15)28-5-7-31-8-6-28/h3-4,9-11H,5-8H2,1-2H3,(H,24,29)(H,25,30). The average molecular weight is 484 g/mol. The van der Waals surface area contributed by atoms with E-state index >= 15 is 0 Å². The van der Waals surface area contributed by atoms with E-state index in [-0.39, 0.29) is 5.69 Å². The van der Waals surface area contributed by atoms with Crippen LogP contribution in [0.5, 0.6) is 0 Å². The molecule has 1 aliphatic rings. The number of nitrogens with zero attached hydrogens (tertiary/aromatic N) is 5. The summed E-state index contributed by atoms with van der Waals surface area (Å²) in [6.45, 7) is 4.57. The highest BCUT2D eigenvalue weighted by Crippen LogP contribution is 2.29. The van der Waals surface area contributed by atoms with Gasteiger partial charge in [-0.25, -0.2) is 9.97 Å². The fourth-order valence-corrected chi connectivity index (χ4v) is 5.23. The van der Waals surface area contributed by atoms with Crippen molar-refractivity contribution in [3.63, 3.8) is 0 Å². The van der Waals surface area contributed by atoms with Gasteiger partial charge < -0.3 is 9.64 Å². The third-order valence-electron chi connectivity index (χ3n) is 5.28. The van der Waals surface area contributed by atoms with E-state index in [9.17, 15) is 9.59 Å². The molecule has 0 bridgehead atoms. The topological polar surface area (TPSA) is 114 Å². The van der Waals surface area contributed by atoms with Gasteiger partial charge in [0.05, 0.1) is 40.4 Å². The molecule has 5 heterocycles. The number of ether oxygens (including phenoxy) is 1. The van der Waals surface area contributed by atoms with Gasteiger partial charge in [0.1, 0.15) is 5.69 Å². The van der Waals surface area contributed by atoms with Crippen LogP contribution >= 0.6 is 22.7 Å². The lowest BCUT2D eigenvalue weighted by molar-refractivity contribution is 0.0845. The molecule has 170 valence electrons. The predicted molar refractivity (Wildman–Crippen MR) is 127 cm³/mol. The summed E-state index contributed by atoms with van der Waals surface area (Å²) in [5, 5.41) is 9.45. The van der Waals surface area contributed by atoms with Crippen LogP contribution in [0.3, 0.4) is 0 Å². The van der Waals surface area contributed by atoms with Crippen LogP contribution in [0.2, 0.25) is 0 Å². The van der Waals surface area contributed by atoms with Gasteiger partial charge in [-0.2, -0.15) is 5.10 Å². The van der Waals surface area contributed by atoms with E-state index in [0.717, 1.165) is 23.1 Å². The van der Waals surface area contributed by atoms with Crippen LogP contribution in [0.1, 0.15) is 26.5 Å². The molecule has 4 aromatic rings. The van der Waals surface area contributed by atoms with Crippen LogP contribution in [0, 0.1) is 6.92 Å². The molecule has 0 unspecified atom stereocenters. The molecule has 1 saturated heterocycles. The molecule has 2 amide bonds. The van der Waals surface area contributed by atoms with Crippen molar-refractivity contribution in [1.82, 2.24) is 30.6 Å². The number of aromatic nitrogens is 4. The number of nitrogens with one attached hydrogen (secondary N) is 2. The summed E-state index contributed by atoms with van der Waals surface area (Å²) in [6.07, 6.45) is 0. The van der Waals surface area contributed by atoms with Crippen LogP contribution in [-0.2, 0) is 11.8 Å². The number of amides is 2. The molecule has 2 N–H and O–H groups in total. The Hall–Kier alpha value is -3.35. The predicted octanol–water partition coefficient (Wildman–Crippen LogP) is 2.37. The average Bonchev–Trinajstić information content (AvgIpc) is 3.59. The van der Waals surface area contributed by atoms with Gasteiger partial charge in [-0.1, -0.05) is 6.07 Å². The molecule has 0 aliphatic carbocycles. The molecular weight excluding hydrogens is 462 g/mol. The lowest BCUT2D eigenvalue weighted by atomic mass is 10.1. The summed E-state index contributed by atoms with van der Waals surface area (Å²) < 4.78 is 7.01. The largest absolute Gasteiger partial charge is 0.378 e. The summed E-state index contributed by atoms with van der Waals surface area (Å²) in [5.74, 6) is -0.931. The van der Waals surface area contributed by atoms with E-state index in [0.29, 0.717) is 41.2 Å². The number of carbonyl (C=O) groups is 2. The van der Waals surface area contributed by atoms with Gasteiger partial charge in [-0.15, -0.1) is 22.7 Å². The monoisotopic (exact) mass is 483 g/mol. The maximum atomic E-state index is 13.1. The number of anilines is 1. The first-order valence-electron chi connectivity index (χ1n) is 10.3. The molecule has 33 heavy (non-hydrogen) atoms. The lowest BCUT2D eigenvalue weighted by Gasteiger charge is -2.25. The Balaban J connectivity index is 1.36. The highest BCUT2D eigenvalue weighted by molar-refractivity contribution is 7.14. The van der Waals surface area contributed by atoms with Crippen LogP contribution < -0.4 is 15.8 Å². The van der Waals surface area contributed by atoms with E-state index in [4.69, 9.17) is 9.72 Å². The van der Waals surface area contributed by atoms with Crippen molar-refractivity contribution in [2.75, 3.05) is 31.2 Å². The van der Waals surface area contributed by atoms with E-state index < -0.39 is 11.8 Å². The van der Waals surface area contributed by atoms with Crippen LogP contribution in [0.4, 0.5) is 5.13 Å². The van der Waals surface area contributed by atoms with Crippen LogP contribution in [0.25, 0.3) is 21.6 Å². The molecule has 0 saturated carbocycles. The second-order valence-corrected chi connectivity index (χ2v) is 9.25. The first kappa shape index (κ1) is 21.5. The summed E-state index contributed by atoms with van der Waals surface area (Å²) >= 11 is 2.92. The van der Waals surface area contributed by atoms with Crippen molar-refractivity contribution < 1.29 is 14.3 Å². The number of rotatable bonds is 4. The number of hydrogen-bond acceptors (Lipinski definition) is 9. The number of carbonyl (C=O) groups excluding carboxylic acids is 2. The minimum Gasteiger partial charge on any atom is -0.378 e. The zero-order chi connectivity index (χ0) is 22.9. The number of hydrogen-bond donors (Lipinski definition) is 2.